The molecule has 0 aliphatic heterocycles. The Morgan fingerprint density at radius 2 is 1.74 bits per heavy atom. The molecule has 9 heteroatoms. The van der Waals surface area contributed by atoms with E-state index in [0.717, 1.165) is 18.2 Å². The Morgan fingerprint density at radius 3 is 2.34 bits per heavy atom. The van der Waals surface area contributed by atoms with Crippen molar-refractivity contribution in [3.8, 4) is 5.75 Å². The van der Waals surface area contributed by atoms with Gasteiger partial charge in [0.2, 0.25) is 21.8 Å². The van der Waals surface area contributed by atoms with Gasteiger partial charge >= 0.3 is 0 Å². The number of sulfonamides is 1. The number of nitrogens with zero attached hydrogens (tertiary/aromatic N) is 2. The lowest BCUT2D eigenvalue weighted by molar-refractivity contribution is -0.140. The van der Waals surface area contributed by atoms with Crippen molar-refractivity contribution in [3.63, 3.8) is 0 Å². The van der Waals surface area contributed by atoms with Gasteiger partial charge in [0.1, 0.15) is 11.8 Å². The van der Waals surface area contributed by atoms with E-state index in [4.69, 9.17) is 4.74 Å². The lowest BCUT2D eigenvalue weighted by atomic mass is 10.1. The first kappa shape index (κ1) is 28.2. The van der Waals surface area contributed by atoms with Crippen molar-refractivity contribution in [2.24, 2.45) is 0 Å². The quantitative estimate of drug-likeness (QED) is 0.451. The van der Waals surface area contributed by atoms with Crippen molar-refractivity contribution in [2.75, 3.05) is 24.2 Å². The fourth-order valence-corrected chi connectivity index (χ4v) is 4.56. The summed E-state index contributed by atoms with van der Waals surface area (Å²) in [5, 5.41) is 2.94. The highest BCUT2D eigenvalue weighted by Gasteiger charge is 2.27. The van der Waals surface area contributed by atoms with Crippen molar-refractivity contribution in [2.45, 2.75) is 58.7 Å². The summed E-state index contributed by atoms with van der Waals surface area (Å²) in [5.74, 6) is 0.125. The SMILES string of the molecule is CC[C@H](C)NC(=O)[C@H](C)N(Cc1ccccc1)C(=O)CCCN(c1cccc(OC)c1)S(C)(=O)=O. The number of rotatable bonds is 13. The van der Waals surface area contributed by atoms with Gasteiger partial charge < -0.3 is 15.0 Å². The summed E-state index contributed by atoms with van der Waals surface area (Å²) in [6.45, 7) is 6.05. The van der Waals surface area contributed by atoms with Crippen molar-refractivity contribution in [1.29, 1.82) is 0 Å². The van der Waals surface area contributed by atoms with E-state index in [2.05, 4.69) is 5.32 Å². The van der Waals surface area contributed by atoms with Crippen molar-refractivity contribution in [3.05, 3.63) is 60.2 Å². The topological polar surface area (TPSA) is 96.0 Å². The molecule has 0 spiro atoms. The molecule has 0 radical (unpaired) electrons. The van der Waals surface area contributed by atoms with E-state index in [0.29, 0.717) is 24.4 Å². The van der Waals surface area contributed by atoms with Gasteiger partial charge in [0.15, 0.2) is 0 Å². The number of methoxy groups -OCH3 is 1. The summed E-state index contributed by atoms with van der Waals surface area (Å²) in [5.41, 5.74) is 1.39. The number of amides is 2. The molecule has 0 aliphatic carbocycles. The average Bonchev–Trinajstić information content (AvgIpc) is 2.84. The number of carbonyl (C=O) groups is 2. The molecule has 1 N–H and O–H groups in total. The smallest absolute Gasteiger partial charge is 0.242 e. The molecule has 0 aromatic heterocycles. The molecule has 0 bridgehead atoms. The Hall–Kier alpha value is -3.07. The summed E-state index contributed by atoms with van der Waals surface area (Å²) >= 11 is 0. The molecule has 0 saturated heterocycles. The summed E-state index contributed by atoms with van der Waals surface area (Å²) in [6.07, 6.45) is 2.33. The number of hydrogen-bond acceptors (Lipinski definition) is 5. The molecule has 2 amide bonds. The number of benzene rings is 2. The van der Waals surface area contributed by atoms with Gasteiger partial charge in [-0.05, 0) is 44.4 Å². The highest BCUT2D eigenvalue weighted by Crippen LogP contribution is 2.24. The van der Waals surface area contributed by atoms with Gasteiger partial charge in [-0.15, -0.1) is 0 Å². The summed E-state index contributed by atoms with van der Waals surface area (Å²) in [7, 11) is -2.05. The van der Waals surface area contributed by atoms with E-state index >= 15 is 0 Å². The van der Waals surface area contributed by atoms with E-state index in [1.807, 2.05) is 44.2 Å². The molecule has 0 heterocycles. The number of anilines is 1. The minimum Gasteiger partial charge on any atom is -0.497 e. The van der Waals surface area contributed by atoms with E-state index < -0.39 is 16.1 Å². The number of hydrogen-bond donors (Lipinski definition) is 1. The van der Waals surface area contributed by atoms with Crippen LogP contribution in [0.3, 0.4) is 0 Å². The third-order valence-electron chi connectivity index (χ3n) is 5.86. The molecule has 8 nitrogen and oxygen atoms in total. The summed E-state index contributed by atoms with van der Waals surface area (Å²) in [4.78, 5) is 27.6. The molecular weight excluding hydrogens is 466 g/mol. The zero-order valence-electron chi connectivity index (χ0n) is 21.2. The van der Waals surface area contributed by atoms with E-state index in [1.165, 1.54) is 11.4 Å². The Kier molecular flexibility index (Phi) is 10.6. The van der Waals surface area contributed by atoms with Crippen LogP contribution in [0, 0.1) is 0 Å². The van der Waals surface area contributed by atoms with Crippen LogP contribution in [0.2, 0.25) is 0 Å². The second-order valence-electron chi connectivity index (χ2n) is 8.64. The van der Waals surface area contributed by atoms with Crippen LogP contribution in [0.1, 0.15) is 45.6 Å². The first-order valence-electron chi connectivity index (χ1n) is 11.8. The summed E-state index contributed by atoms with van der Waals surface area (Å²) < 4.78 is 31.4. The average molecular weight is 504 g/mol. The first-order valence-corrected chi connectivity index (χ1v) is 13.7. The second-order valence-corrected chi connectivity index (χ2v) is 10.5. The number of carbonyl (C=O) groups excluding carboxylic acids is 2. The van der Waals surface area contributed by atoms with Crippen LogP contribution in [0.4, 0.5) is 5.69 Å². The predicted molar refractivity (Wildman–Crippen MR) is 139 cm³/mol. The van der Waals surface area contributed by atoms with Crippen LogP contribution < -0.4 is 14.4 Å². The first-order chi connectivity index (χ1) is 16.6. The Morgan fingerprint density at radius 1 is 1.06 bits per heavy atom. The molecule has 0 aliphatic rings. The maximum absolute atomic E-state index is 13.3. The molecule has 2 atom stereocenters. The third kappa shape index (κ3) is 8.58. The van der Waals surface area contributed by atoms with E-state index in [9.17, 15) is 18.0 Å². The maximum Gasteiger partial charge on any atom is 0.242 e. The molecule has 2 aromatic carbocycles. The number of nitrogens with one attached hydrogen (secondary N) is 1. The molecule has 0 saturated carbocycles. The highest BCUT2D eigenvalue weighted by atomic mass is 32.2. The Labute approximate surface area is 209 Å². The minimum absolute atomic E-state index is 0.00445. The van der Waals surface area contributed by atoms with Crippen LogP contribution in [0.5, 0.6) is 5.75 Å². The van der Waals surface area contributed by atoms with Crippen LogP contribution in [-0.2, 0) is 26.2 Å². The van der Waals surface area contributed by atoms with Crippen LogP contribution >= 0.6 is 0 Å². The molecule has 0 fully saturated rings. The van der Waals surface area contributed by atoms with Crippen LogP contribution in [0.15, 0.2) is 54.6 Å². The van der Waals surface area contributed by atoms with E-state index in [-0.39, 0.29) is 30.8 Å². The highest BCUT2D eigenvalue weighted by molar-refractivity contribution is 7.92. The van der Waals surface area contributed by atoms with Gasteiger partial charge in [-0.25, -0.2) is 8.42 Å². The van der Waals surface area contributed by atoms with Gasteiger partial charge in [0, 0.05) is 31.6 Å². The zero-order chi connectivity index (χ0) is 26.0. The Balaban J connectivity index is 2.15. The fraction of sp³-hybridized carbons (Fsp3) is 0.462. The molecule has 0 unspecified atom stereocenters. The molecule has 2 aromatic rings. The van der Waals surface area contributed by atoms with Gasteiger partial charge in [0.05, 0.1) is 19.1 Å². The minimum atomic E-state index is -3.57. The van der Waals surface area contributed by atoms with E-state index in [1.54, 1.807) is 36.1 Å². The second kappa shape index (κ2) is 13.1. The fourth-order valence-electron chi connectivity index (χ4n) is 3.60. The lowest BCUT2D eigenvalue weighted by Gasteiger charge is -2.30. The van der Waals surface area contributed by atoms with Gasteiger partial charge in [-0.1, -0.05) is 43.3 Å². The third-order valence-corrected chi connectivity index (χ3v) is 7.05. The molecule has 35 heavy (non-hydrogen) atoms. The zero-order valence-corrected chi connectivity index (χ0v) is 22.0. The standard InChI is InChI=1S/C26H37N3O5S/c1-6-20(2)27-26(31)21(3)28(19-22-12-8-7-9-13-22)25(30)16-11-17-29(35(5,32)33)23-14-10-15-24(18-23)34-4/h7-10,12-15,18,20-21H,6,11,16-17,19H2,1-5H3,(H,27,31)/t20-,21-/m0/s1. The van der Waals surface area contributed by atoms with Crippen molar-refractivity contribution < 1.29 is 22.7 Å². The van der Waals surface area contributed by atoms with Gasteiger partial charge in [-0.2, -0.15) is 0 Å². The summed E-state index contributed by atoms with van der Waals surface area (Å²) in [6, 6.07) is 15.6. The molecular formula is C26H37N3O5S. The van der Waals surface area contributed by atoms with Crippen LogP contribution in [0.25, 0.3) is 0 Å². The van der Waals surface area contributed by atoms with Crippen molar-refractivity contribution >= 4 is 27.5 Å². The monoisotopic (exact) mass is 503 g/mol. The lowest BCUT2D eigenvalue weighted by Crippen LogP contribution is -2.49. The number of ether oxygens (including phenoxy) is 1. The van der Waals surface area contributed by atoms with Gasteiger partial charge in [-0.3, -0.25) is 13.9 Å². The maximum atomic E-state index is 13.3. The molecule has 192 valence electrons. The molecule has 2 rings (SSSR count). The van der Waals surface area contributed by atoms with Crippen LogP contribution in [-0.4, -0.2) is 57.1 Å². The van der Waals surface area contributed by atoms with Gasteiger partial charge in [0.25, 0.3) is 0 Å². The predicted octanol–water partition coefficient (Wildman–Crippen LogP) is 3.57. The van der Waals surface area contributed by atoms with Crippen molar-refractivity contribution in [1.82, 2.24) is 10.2 Å². The normalized spacial score (nSPS) is 12.9. The Bertz CT molecular complexity index is 1080. The largest absolute Gasteiger partial charge is 0.497 e.